The Kier molecular flexibility index (Phi) is 7.72. The molecule has 0 saturated heterocycles. The lowest BCUT2D eigenvalue weighted by molar-refractivity contribution is -0.137. The van der Waals surface area contributed by atoms with E-state index in [1.54, 1.807) is 25.1 Å². The molecule has 0 atom stereocenters. The van der Waals surface area contributed by atoms with Crippen molar-refractivity contribution in [2.75, 3.05) is 20.3 Å². The molecule has 9 nitrogen and oxygen atoms in total. The summed E-state index contributed by atoms with van der Waals surface area (Å²) in [6, 6.07) is 9.83. The predicted octanol–water partition coefficient (Wildman–Crippen LogP) is 3.62. The van der Waals surface area contributed by atoms with Gasteiger partial charge in [-0.3, -0.25) is 14.0 Å². The van der Waals surface area contributed by atoms with E-state index < -0.39 is 29.2 Å². The number of esters is 1. The molecule has 38 heavy (non-hydrogen) atoms. The van der Waals surface area contributed by atoms with E-state index in [-0.39, 0.29) is 40.8 Å². The number of aromatic nitrogens is 3. The summed E-state index contributed by atoms with van der Waals surface area (Å²) >= 11 is 0. The van der Waals surface area contributed by atoms with Gasteiger partial charge in [-0.2, -0.15) is 18.2 Å². The van der Waals surface area contributed by atoms with Gasteiger partial charge in [0.2, 0.25) is 0 Å². The number of hydrogen-bond donors (Lipinski definition) is 0. The number of nitrogens with zero attached hydrogens (tertiary/aromatic N) is 4. The number of methoxy groups -OCH3 is 1. The van der Waals surface area contributed by atoms with Gasteiger partial charge in [-0.1, -0.05) is 6.07 Å². The minimum Gasteiger partial charge on any atom is -0.462 e. The summed E-state index contributed by atoms with van der Waals surface area (Å²) in [4.78, 5) is 48.0. The maximum Gasteiger partial charge on any atom is 0.416 e. The monoisotopic (exact) mass is 528 g/mol. The first kappa shape index (κ1) is 26.7. The number of carbonyl (C=O) groups is 2. The predicted molar refractivity (Wildman–Crippen MR) is 131 cm³/mol. The number of pyridine rings is 2. The second-order valence-corrected chi connectivity index (χ2v) is 8.18. The van der Waals surface area contributed by atoms with Crippen LogP contribution in [0.25, 0.3) is 16.7 Å². The summed E-state index contributed by atoms with van der Waals surface area (Å²) in [6.45, 7) is 2.09. The molecule has 12 heteroatoms. The molecule has 4 aromatic rings. The third-order valence-electron chi connectivity index (χ3n) is 5.68. The molecule has 0 fully saturated rings. The van der Waals surface area contributed by atoms with Crippen molar-refractivity contribution in [3.8, 4) is 0 Å². The molecule has 4 rings (SSSR count). The Labute approximate surface area is 213 Å². The van der Waals surface area contributed by atoms with Gasteiger partial charge < -0.3 is 14.0 Å². The Bertz CT molecular complexity index is 1640. The second-order valence-electron chi connectivity index (χ2n) is 8.18. The number of aryl methyl sites for hydroxylation is 1. The van der Waals surface area contributed by atoms with Crippen molar-refractivity contribution in [2.24, 2.45) is 4.99 Å². The minimum absolute atomic E-state index is 0.0157. The number of amides is 1. The SMILES string of the molecule is CCOC(=O)c1cc2c(=O)n3ccccc3nc2n(CCCOC)c1=NC(=O)c1ccc(C(F)(F)F)cc1. The van der Waals surface area contributed by atoms with Gasteiger partial charge in [-0.05, 0) is 55.8 Å². The van der Waals surface area contributed by atoms with Crippen LogP contribution in [-0.4, -0.2) is 46.2 Å². The highest BCUT2D eigenvalue weighted by Crippen LogP contribution is 2.29. The van der Waals surface area contributed by atoms with Crippen LogP contribution in [0.1, 0.15) is 39.6 Å². The summed E-state index contributed by atoms with van der Waals surface area (Å²) in [7, 11) is 1.51. The van der Waals surface area contributed by atoms with E-state index in [1.165, 1.54) is 28.3 Å². The third-order valence-corrected chi connectivity index (χ3v) is 5.68. The molecule has 0 radical (unpaired) electrons. The second kappa shape index (κ2) is 11.0. The van der Waals surface area contributed by atoms with Crippen LogP contribution in [0.15, 0.2) is 64.5 Å². The average molecular weight is 528 g/mol. The van der Waals surface area contributed by atoms with E-state index in [9.17, 15) is 27.6 Å². The molecular formula is C26H23F3N4O5. The summed E-state index contributed by atoms with van der Waals surface area (Å²) in [5.41, 5.74) is -1.28. The molecule has 3 aromatic heterocycles. The van der Waals surface area contributed by atoms with Gasteiger partial charge in [0.25, 0.3) is 11.5 Å². The van der Waals surface area contributed by atoms with Crippen LogP contribution in [0.5, 0.6) is 0 Å². The van der Waals surface area contributed by atoms with Crippen LogP contribution >= 0.6 is 0 Å². The first-order valence-corrected chi connectivity index (χ1v) is 11.6. The summed E-state index contributed by atoms with van der Waals surface area (Å²) in [6.07, 6.45) is -2.62. The van der Waals surface area contributed by atoms with E-state index >= 15 is 0 Å². The van der Waals surface area contributed by atoms with Gasteiger partial charge >= 0.3 is 12.1 Å². The van der Waals surface area contributed by atoms with Crippen LogP contribution in [0, 0.1) is 0 Å². The Morgan fingerprint density at radius 1 is 1.11 bits per heavy atom. The molecule has 3 heterocycles. The Morgan fingerprint density at radius 3 is 2.50 bits per heavy atom. The van der Waals surface area contributed by atoms with Crippen LogP contribution in [0.3, 0.4) is 0 Å². The molecule has 0 saturated carbocycles. The smallest absolute Gasteiger partial charge is 0.416 e. The molecule has 198 valence electrons. The van der Waals surface area contributed by atoms with E-state index in [1.807, 2.05) is 0 Å². The topological polar surface area (TPSA) is 104 Å². The van der Waals surface area contributed by atoms with Crippen LogP contribution in [0.4, 0.5) is 13.2 Å². The molecule has 0 bridgehead atoms. The number of ether oxygens (including phenoxy) is 2. The fourth-order valence-electron chi connectivity index (χ4n) is 3.90. The van der Waals surface area contributed by atoms with Crippen LogP contribution in [0.2, 0.25) is 0 Å². The number of rotatable bonds is 7. The minimum atomic E-state index is -4.57. The molecule has 1 aromatic carbocycles. The van der Waals surface area contributed by atoms with Gasteiger partial charge in [-0.25, -0.2) is 9.78 Å². The molecule has 0 aliphatic carbocycles. The van der Waals surface area contributed by atoms with Crippen molar-refractivity contribution in [1.29, 1.82) is 0 Å². The highest BCUT2D eigenvalue weighted by atomic mass is 19.4. The average Bonchev–Trinajstić information content (AvgIpc) is 2.89. The number of alkyl halides is 3. The Hall–Kier alpha value is -4.32. The van der Waals surface area contributed by atoms with Crippen LogP contribution in [-0.2, 0) is 22.2 Å². The number of fused-ring (bicyclic) bond motifs is 2. The lowest BCUT2D eigenvalue weighted by atomic mass is 10.1. The number of carbonyl (C=O) groups excluding carboxylic acids is 2. The molecule has 0 unspecified atom stereocenters. The highest BCUT2D eigenvalue weighted by molar-refractivity contribution is 5.97. The van der Waals surface area contributed by atoms with Gasteiger partial charge in [0, 0.05) is 32.0 Å². The zero-order valence-corrected chi connectivity index (χ0v) is 20.5. The Morgan fingerprint density at radius 2 is 1.84 bits per heavy atom. The summed E-state index contributed by atoms with van der Waals surface area (Å²) < 4.78 is 52.0. The van der Waals surface area contributed by atoms with E-state index in [0.717, 1.165) is 24.3 Å². The van der Waals surface area contributed by atoms with Gasteiger partial charge in [0.1, 0.15) is 16.9 Å². The molecule has 0 N–H and O–H groups in total. The fourth-order valence-corrected chi connectivity index (χ4v) is 3.90. The summed E-state index contributed by atoms with van der Waals surface area (Å²) in [5, 5.41) is 0.0927. The molecule has 0 spiro atoms. The van der Waals surface area contributed by atoms with E-state index in [4.69, 9.17) is 9.47 Å². The zero-order chi connectivity index (χ0) is 27.4. The van der Waals surface area contributed by atoms with Crippen molar-refractivity contribution in [2.45, 2.75) is 26.1 Å². The lowest BCUT2D eigenvalue weighted by Crippen LogP contribution is -2.33. The van der Waals surface area contributed by atoms with Gasteiger partial charge in [0.05, 0.1) is 17.6 Å². The normalized spacial score (nSPS) is 12.3. The van der Waals surface area contributed by atoms with Crippen molar-refractivity contribution in [1.82, 2.24) is 14.0 Å². The number of benzene rings is 1. The molecular weight excluding hydrogens is 505 g/mol. The fraction of sp³-hybridized carbons (Fsp3) is 0.269. The van der Waals surface area contributed by atoms with E-state index in [2.05, 4.69) is 9.98 Å². The van der Waals surface area contributed by atoms with Crippen molar-refractivity contribution < 1.29 is 32.2 Å². The van der Waals surface area contributed by atoms with Crippen LogP contribution < -0.4 is 11.0 Å². The quantitative estimate of drug-likeness (QED) is 0.206. The first-order chi connectivity index (χ1) is 18.2. The number of halogens is 3. The first-order valence-electron chi connectivity index (χ1n) is 11.6. The number of hydrogen-bond acceptors (Lipinski definition) is 6. The molecule has 1 amide bonds. The Balaban J connectivity index is 2.02. The maximum absolute atomic E-state index is 13.3. The lowest BCUT2D eigenvalue weighted by Gasteiger charge is -2.15. The van der Waals surface area contributed by atoms with Gasteiger partial charge in [0.15, 0.2) is 5.49 Å². The van der Waals surface area contributed by atoms with Crippen molar-refractivity contribution >= 4 is 28.6 Å². The largest absolute Gasteiger partial charge is 0.462 e. The molecule has 0 aliphatic rings. The van der Waals surface area contributed by atoms with Crippen molar-refractivity contribution in [3.05, 3.63) is 87.3 Å². The van der Waals surface area contributed by atoms with E-state index in [0.29, 0.717) is 18.7 Å². The summed E-state index contributed by atoms with van der Waals surface area (Å²) in [5.74, 6) is -1.71. The maximum atomic E-state index is 13.3. The van der Waals surface area contributed by atoms with Gasteiger partial charge in [-0.15, -0.1) is 0 Å². The highest BCUT2D eigenvalue weighted by Gasteiger charge is 2.30. The standard InChI is InChI=1S/C26H23F3N4O5/c1-3-38-25(36)19-15-18-21(30-20-7-4-5-12-32(20)24(18)35)33(13-6-14-37-2)22(19)31-23(34)16-8-10-17(11-9-16)26(27,28)29/h4-5,7-12,15H,3,6,13-14H2,1-2H3. The molecule has 0 aliphatic heterocycles. The zero-order valence-electron chi connectivity index (χ0n) is 20.5. The third kappa shape index (κ3) is 5.35. The van der Waals surface area contributed by atoms with Crippen molar-refractivity contribution in [3.63, 3.8) is 0 Å².